The number of benzene rings is 2. The Bertz CT molecular complexity index is 488. The molecule has 0 aliphatic rings. The summed E-state index contributed by atoms with van der Waals surface area (Å²) in [4.78, 5) is 0. The number of hydrogen-bond donors (Lipinski definition) is 0. The molecule has 0 aliphatic carbocycles. The highest BCUT2D eigenvalue weighted by molar-refractivity contribution is 6.26. The molecule has 2 aromatic carbocycles. The van der Waals surface area contributed by atoms with Crippen molar-refractivity contribution < 1.29 is 0 Å². The number of aryl methyl sites for hydroxylation is 1. The van der Waals surface area contributed by atoms with E-state index >= 15 is 0 Å². The number of alkyl halides is 1. The largest absolute Gasteiger partial charge is 0.118 e. The molecule has 18 heavy (non-hydrogen) atoms. The zero-order valence-corrected chi connectivity index (χ0v) is 11.1. The first-order valence-corrected chi connectivity index (χ1v) is 6.63. The maximum atomic E-state index is 6.42. The van der Waals surface area contributed by atoms with Gasteiger partial charge in [0.2, 0.25) is 0 Å². The summed E-state index contributed by atoms with van der Waals surface area (Å²) in [5, 5.41) is -0.00685. The summed E-state index contributed by atoms with van der Waals surface area (Å²) in [6.45, 7) is 4.11. The molecule has 92 valence electrons. The average Bonchev–Trinajstić information content (AvgIpc) is 2.46. The zero-order chi connectivity index (χ0) is 12.8. The van der Waals surface area contributed by atoms with Crippen LogP contribution in [0.15, 0.2) is 67.2 Å². The van der Waals surface area contributed by atoms with Gasteiger partial charge in [-0.25, -0.2) is 0 Å². The smallest absolute Gasteiger partial charge is 0.0588 e. The van der Waals surface area contributed by atoms with E-state index in [1.807, 2.05) is 24.3 Å². The SMILES string of the molecule is C=C(c1ccccc1)C(Cl)CCc1ccccc1. The molecule has 0 N–H and O–H groups in total. The molecule has 2 rings (SSSR count). The van der Waals surface area contributed by atoms with Gasteiger partial charge in [-0.05, 0) is 29.5 Å². The molecule has 2 aromatic rings. The second kappa shape index (κ2) is 6.42. The van der Waals surface area contributed by atoms with Crippen LogP contribution in [0.2, 0.25) is 0 Å². The second-order valence-corrected chi connectivity index (χ2v) is 4.91. The molecule has 0 radical (unpaired) electrons. The predicted octanol–water partition coefficient (Wildman–Crippen LogP) is 4.94. The van der Waals surface area contributed by atoms with Crippen LogP contribution in [0.5, 0.6) is 0 Å². The number of halogens is 1. The fraction of sp³-hybridized carbons (Fsp3) is 0.176. The second-order valence-electron chi connectivity index (χ2n) is 4.38. The Morgan fingerprint density at radius 2 is 1.50 bits per heavy atom. The van der Waals surface area contributed by atoms with Gasteiger partial charge in [0.05, 0.1) is 5.38 Å². The Kier molecular flexibility index (Phi) is 4.60. The normalized spacial score (nSPS) is 12.1. The monoisotopic (exact) mass is 256 g/mol. The summed E-state index contributed by atoms with van der Waals surface area (Å²) in [7, 11) is 0. The summed E-state index contributed by atoms with van der Waals surface area (Å²) in [5.41, 5.74) is 3.46. The minimum absolute atomic E-state index is 0.00685. The van der Waals surface area contributed by atoms with E-state index in [4.69, 9.17) is 11.6 Å². The molecule has 0 heterocycles. The van der Waals surface area contributed by atoms with Gasteiger partial charge in [-0.2, -0.15) is 0 Å². The van der Waals surface area contributed by atoms with Crippen LogP contribution in [0, 0.1) is 0 Å². The minimum Gasteiger partial charge on any atom is -0.118 e. The molecule has 0 aliphatic heterocycles. The summed E-state index contributed by atoms with van der Waals surface area (Å²) in [6.07, 6.45) is 1.90. The van der Waals surface area contributed by atoms with Crippen LogP contribution in [0.25, 0.3) is 5.57 Å². The van der Waals surface area contributed by atoms with Crippen LogP contribution in [0.3, 0.4) is 0 Å². The van der Waals surface area contributed by atoms with Crippen molar-refractivity contribution >= 4 is 17.2 Å². The number of hydrogen-bond acceptors (Lipinski definition) is 0. The fourth-order valence-electron chi connectivity index (χ4n) is 1.95. The molecule has 0 amide bonds. The van der Waals surface area contributed by atoms with E-state index in [1.54, 1.807) is 0 Å². The van der Waals surface area contributed by atoms with Gasteiger partial charge in [0, 0.05) is 0 Å². The molecular formula is C17H17Cl. The standard InChI is InChI=1S/C17H17Cl/c1-14(16-10-6-3-7-11-16)17(18)13-12-15-8-4-2-5-9-15/h2-11,17H,1,12-13H2. The van der Waals surface area contributed by atoms with E-state index in [1.165, 1.54) is 5.56 Å². The third-order valence-electron chi connectivity index (χ3n) is 3.05. The van der Waals surface area contributed by atoms with Gasteiger partial charge >= 0.3 is 0 Å². The Morgan fingerprint density at radius 3 is 2.11 bits per heavy atom. The summed E-state index contributed by atoms with van der Waals surface area (Å²) < 4.78 is 0. The highest BCUT2D eigenvalue weighted by Crippen LogP contribution is 2.24. The topological polar surface area (TPSA) is 0 Å². The van der Waals surface area contributed by atoms with Crippen molar-refractivity contribution in [1.82, 2.24) is 0 Å². The van der Waals surface area contributed by atoms with E-state index in [-0.39, 0.29) is 5.38 Å². The molecule has 0 saturated carbocycles. The van der Waals surface area contributed by atoms with Crippen LogP contribution in [-0.2, 0) is 6.42 Å². The highest BCUT2D eigenvalue weighted by Gasteiger charge is 2.10. The predicted molar refractivity (Wildman–Crippen MR) is 79.9 cm³/mol. The number of rotatable bonds is 5. The Labute approximate surface area is 114 Å². The van der Waals surface area contributed by atoms with Crippen molar-refractivity contribution in [3.05, 3.63) is 78.4 Å². The van der Waals surface area contributed by atoms with E-state index in [0.717, 1.165) is 24.0 Å². The lowest BCUT2D eigenvalue weighted by Gasteiger charge is -2.13. The van der Waals surface area contributed by atoms with E-state index in [9.17, 15) is 0 Å². The average molecular weight is 257 g/mol. The first-order chi connectivity index (χ1) is 8.77. The molecule has 1 atom stereocenters. The molecule has 0 fully saturated rings. The third kappa shape index (κ3) is 3.48. The van der Waals surface area contributed by atoms with E-state index in [0.29, 0.717) is 0 Å². The van der Waals surface area contributed by atoms with Crippen LogP contribution < -0.4 is 0 Å². The van der Waals surface area contributed by atoms with E-state index < -0.39 is 0 Å². The van der Waals surface area contributed by atoms with Crippen molar-refractivity contribution in [2.24, 2.45) is 0 Å². The summed E-state index contributed by atoms with van der Waals surface area (Å²) in [6, 6.07) is 20.6. The lowest BCUT2D eigenvalue weighted by molar-refractivity contribution is 0.860. The first kappa shape index (κ1) is 12.9. The summed E-state index contributed by atoms with van der Waals surface area (Å²) in [5.74, 6) is 0. The molecule has 0 spiro atoms. The molecule has 0 aromatic heterocycles. The van der Waals surface area contributed by atoms with Gasteiger partial charge in [-0.3, -0.25) is 0 Å². The van der Waals surface area contributed by atoms with Crippen molar-refractivity contribution in [2.45, 2.75) is 18.2 Å². The highest BCUT2D eigenvalue weighted by atomic mass is 35.5. The molecule has 1 heteroatoms. The van der Waals surface area contributed by atoms with Crippen LogP contribution in [-0.4, -0.2) is 5.38 Å². The maximum absolute atomic E-state index is 6.42. The summed E-state index contributed by atoms with van der Waals surface area (Å²) >= 11 is 6.42. The molecule has 0 nitrogen and oxygen atoms in total. The molecule has 0 bridgehead atoms. The minimum atomic E-state index is -0.00685. The van der Waals surface area contributed by atoms with E-state index in [2.05, 4.69) is 43.0 Å². The van der Waals surface area contributed by atoms with Crippen molar-refractivity contribution in [1.29, 1.82) is 0 Å². The lowest BCUT2D eigenvalue weighted by Crippen LogP contribution is -2.03. The Morgan fingerprint density at radius 1 is 0.944 bits per heavy atom. The van der Waals surface area contributed by atoms with Crippen LogP contribution in [0.4, 0.5) is 0 Å². The fourth-order valence-corrected chi connectivity index (χ4v) is 2.18. The van der Waals surface area contributed by atoms with Gasteiger partial charge in [-0.1, -0.05) is 67.2 Å². The van der Waals surface area contributed by atoms with Gasteiger partial charge in [0.1, 0.15) is 0 Å². The van der Waals surface area contributed by atoms with Gasteiger partial charge in [0.15, 0.2) is 0 Å². The quantitative estimate of drug-likeness (QED) is 0.665. The van der Waals surface area contributed by atoms with Gasteiger partial charge < -0.3 is 0 Å². The van der Waals surface area contributed by atoms with Gasteiger partial charge in [0.25, 0.3) is 0 Å². The van der Waals surface area contributed by atoms with Crippen molar-refractivity contribution in [2.75, 3.05) is 0 Å². The van der Waals surface area contributed by atoms with Gasteiger partial charge in [-0.15, -0.1) is 11.6 Å². The van der Waals surface area contributed by atoms with Crippen LogP contribution in [0.1, 0.15) is 17.5 Å². The lowest BCUT2D eigenvalue weighted by atomic mass is 9.99. The molecule has 0 saturated heterocycles. The maximum Gasteiger partial charge on any atom is 0.0588 e. The third-order valence-corrected chi connectivity index (χ3v) is 3.53. The molecule has 1 unspecified atom stereocenters. The Balaban J connectivity index is 1.93. The van der Waals surface area contributed by atoms with Crippen molar-refractivity contribution in [3.8, 4) is 0 Å². The van der Waals surface area contributed by atoms with Crippen molar-refractivity contribution in [3.63, 3.8) is 0 Å². The number of allylic oxidation sites excluding steroid dienone is 1. The Hall–Kier alpha value is -1.53. The zero-order valence-electron chi connectivity index (χ0n) is 10.4. The first-order valence-electron chi connectivity index (χ1n) is 6.19. The van der Waals surface area contributed by atoms with Crippen LogP contribution >= 0.6 is 11.6 Å². The molecular weight excluding hydrogens is 240 g/mol.